The molecule has 35 heavy (non-hydrogen) atoms. The number of amides is 1. The largest absolute Gasteiger partial charge is 0.493 e. The fourth-order valence-electron chi connectivity index (χ4n) is 4.28. The van der Waals surface area contributed by atoms with Crippen LogP contribution >= 0.6 is 0 Å². The van der Waals surface area contributed by atoms with Crippen molar-refractivity contribution in [2.24, 2.45) is 0 Å². The van der Waals surface area contributed by atoms with E-state index < -0.39 is 0 Å². The van der Waals surface area contributed by atoms with Crippen molar-refractivity contribution in [3.63, 3.8) is 0 Å². The number of ether oxygens (including phenoxy) is 2. The first-order chi connectivity index (χ1) is 16.9. The predicted molar refractivity (Wildman–Crippen MR) is 142 cm³/mol. The van der Waals surface area contributed by atoms with Gasteiger partial charge < -0.3 is 30.7 Å². The fourth-order valence-corrected chi connectivity index (χ4v) is 4.28. The summed E-state index contributed by atoms with van der Waals surface area (Å²) < 4.78 is 10.7. The maximum atomic E-state index is 12.5. The van der Waals surface area contributed by atoms with Crippen molar-refractivity contribution in [3.8, 4) is 11.5 Å². The number of rotatable bonds is 9. The minimum Gasteiger partial charge on any atom is -0.493 e. The Kier molecular flexibility index (Phi) is 7.27. The van der Waals surface area contributed by atoms with E-state index in [4.69, 9.17) is 15.2 Å². The lowest BCUT2D eigenvalue weighted by atomic mass is 10.0. The lowest BCUT2D eigenvalue weighted by Gasteiger charge is -2.18. The summed E-state index contributed by atoms with van der Waals surface area (Å²) in [5.41, 5.74) is 12.9. The Labute approximate surface area is 206 Å². The highest BCUT2D eigenvalue weighted by Gasteiger charge is 2.26. The van der Waals surface area contributed by atoms with Crippen molar-refractivity contribution >= 4 is 28.5 Å². The number of anilines is 3. The summed E-state index contributed by atoms with van der Waals surface area (Å²) in [6.45, 7) is 3.66. The summed E-state index contributed by atoms with van der Waals surface area (Å²) in [7, 11) is 5.41. The van der Waals surface area contributed by atoms with Crippen LogP contribution in [0, 0.1) is 0 Å². The quantitative estimate of drug-likeness (QED) is 0.308. The lowest BCUT2D eigenvalue weighted by molar-refractivity contribution is -0.110. The molecule has 0 saturated carbocycles. The molecule has 3 aromatic carbocycles. The van der Waals surface area contributed by atoms with Gasteiger partial charge in [0.25, 0.3) is 5.91 Å². The summed E-state index contributed by atoms with van der Waals surface area (Å²) in [5, 5.41) is 6.26. The second-order valence-corrected chi connectivity index (χ2v) is 8.76. The molecule has 4 N–H and O–H groups in total. The highest BCUT2D eigenvalue weighted by molar-refractivity contribution is 6.32. The van der Waals surface area contributed by atoms with Gasteiger partial charge in [-0.05, 0) is 74.0 Å². The minimum absolute atomic E-state index is 0.122. The number of benzene rings is 3. The van der Waals surface area contributed by atoms with Crippen LogP contribution in [-0.2, 0) is 17.8 Å². The number of hydrogen-bond donors (Lipinski definition) is 3. The average Bonchev–Trinajstić information content (AvgIpc) is 3.18. The maximum Gasteiger partial charge on any atom is 0.258 e. The molecule has 182 valence electrons. The molecule has 3 aromatic rings. The van der Waals surface area contributed by atoms with E-state index >= 15 is 0 Å². The van der Waals surface area contributed by atoms with Gasteiger partial charge in [-0.1, -0.05) is 18.2 Å². The number of likely N-dealkylation sites (N-methyl/N-ethyl adjacent to an activating group) is 1. The number of fused-ring (bicyclic) bond motifs is 1. The third kappa shape index (κ3) is 5.58. The number of carbonyl (C=O) groups excluding carboxylic acids is 1. The minimum atomic E-state index is -0.122. The van der Waals surface area contributed by atoms with Gasteiger partial charge in [-0.15, -0.1) is 0 Å². The molecule has 0 radical (unpaired) electrons. The normalized spacial score (nSPS) is 13.9. The molecule has 0 fully saturated rings. The number of nitrogen functional groups attached to an aromatic ring is 1. The highest BCUT2D eigenvalue weighted by atomic mass is 16.5. The number of nitrogens with zero attached hydrogens (tertiary/aromatic N) is 1. The van der Waals surface area contributed by atoms with Crippen molar-refractivity contribution in [1.29, 1.82) is 0 Å². The number of carbonyl (C=O) groups is 1. The molecule has 0 spiro atoms. The Morgan fingerprint density at radius 1 is 0.971 bits per heavy atom. The number of nitrogens with two attached hydrogens (primary N) is 1. The summed E-state index contributed by atoms with van der Waals surface area (Å²) in [4.78, 5) is 14.8. The summed E-state index contributed by atoms with van der Waals surface area (Å²) in [5.74, 6) is 1.37. The van der Waals surface area contributed by atoms with E-state index in [1.807, 2.05) is 43.3 Å². The smallest absolute Gasteiger partial charge is 0.258 e. The summed E-state index contributed by atoms with van der Waals surface area (Å²) >= 11 is 0. The fraction of sp³-hybridized carbons (Fsp3) is 0.250. The van der Waals surface area contributed by atoms with E-state index in [0.717, 1.165) is 53.6 Å². The van der Waals surface area contributed by atoms with Gasteiger partial charge >= 0.3 is 0 Å². The Morgan fingerprint density at radius 3 is 2.40 bits per heavy atom. The first-order valence-electron chi connectivity index (χ1n) is 11.6. The maximum absolute atomic E-state index is 12.5. The van der Waals surface area contributed by atoms with Gasteiger partial charge in [0.15, 0.2) is 11.5 Å². The van der Waals surface area contributed by atoms with Crippen molar-refractivity contribution in [3.05, 3.63) is 83.1 Å². The first kappa shape index (κ1) is 24.2. The van der Waals surface area contributed by atoms with Crippen LogP contribution in [0.1, 0.15) is 23.6 Å². The van der Waals surface area contributed by atoms with Crippen LogP contribution in [0.25, 0.3) is 5.57 Å². The first-order valence-corrected chi connectivity index (χ1v) is 11.6. The molecular weight excluding hydrogens is 440 g/mol. The topological polar surface area (TPSA) is 88.9 Å². The zero-order valence-corrected chi connectivity index (χ0v) is 20.6. The van der Waals surface area contributed by atoms with Gasteiger partial charge in [-0.2, -0.15) is 0 Å². The van der Waals surface area contributed by atoms with Crippen LogP contribution in [0.3, 0.4) is 0 Å². The van der Waals surface area contributed by atoms with E-state index in [1.165, 1.54) is 11.1 Å². The molecule has 0 atom stereocenters. The molecule has 1 aliphatic rings. The van der Waals surface area contributed by atoms with Crippen molar-refractivity contribution in [1.82, 2.24) is 4.90 Å². The number of allylic oxidation sites excluding steroid dienone is 1. The van der Waals surface area contributed by atoms with Crippen LogP contribution in [0.2, 0.25) is 0 Å². The zero-order valence-electron chi connectivity index (χ0n) is 20.6. The van der Waals surface area contributed by atoms with E-state index in [2.05, 4.69) is 40.8 Å². The number of nitrogens with one attached hydrogen (secondary N) is 2. The van der Waals surface area contributed by atoms with Gasteiger partial charge in [0, 0.05) is 41.4 Å². The Morgan fingerprint density at radius 2 is 1.69 bits per heavy atom. The highest BCUT2D eigenvalue weighted by Crippen LogP contribution is 2.35. The van der Waals surface area contributed by atoms with Crippen molar-refractivity contribution in [2.45, 2.75) is 19.9 Å². The third-order valence-electron chi connectivity index (χ3n) is 6.13. The average molecular weight is 473 g/mol. The molecule has 1 aliphatic heterocycles. The van der Waals surface area contributed by atoms with Crippen LogP contribution < -0.4 is 25.8 Å². The van der Waals surface area contributed by atoms with Gasteiger partial charge in [0.2, 0.25) is 0 Å². The Hall–Kier alpha value is -3.97. The van der Waals surface area contributed by atoms with Crippen molar-refractivity contribution in [2.75, 3.05) is 44.2 Å². The van der Waals surface area contributed by atoms with Gasteiger partial charge in [-0.3, -0.25) is 4.79 Å². The van der Waals surface area contributed by atoms with Crippen LogP contribution in [0.15, 0.2) is 66.4 Å². The molecule has 1 amide bonds. The number of hydrogen-bond acceptors (Lipinski definition) is 6. The standard InChI is InChI=1S/C28H32N4O3/c1-18(27-23-16-21(29)8-11-24(23)31-28(27)33)30-22-9-5-20(6-10-22)17-32(2)14-13-19-7-12-25(34-3)26(15-19)35-4/h5-12,15-16,30H,13-14,17,29H2,1-4H3,(H,31,33)/b27-18-. The Bertz CT molecular complexity index is 1250. The van der Waals surface area contributed by atoms with Gasteiger partial charge in [0.1, 0.15) is 0 Å². The van der Waals surface area contributed by atoms with Crippen LogP contribution in [-0.4, -0.2) is 38.6 Å². The van der Waals surface area contributed by atoms with Gasteiger partial charge in [0.05, 0.1) is 19.8 Å². The zero-order chi connectivity index (χ0) is 24.9. The Balaban J connectivity index is 1.36. The van der Waals surface area contributed by atoms with Crippen LogP contribution in [0.4, 0.5) is 17.1 Å². The molecule has 0 aliphatic carbocycles. The van der Waals surface area contributed by atoms with E-state index in [9.17, 15) is 4.79 Å². The summed E-state index contributed by atoms with van der Waals surface area (Å²) in [6, 6.07) is 19.8. The third-order valence-corrected chi connectivity index (χ3v) is 6.13. The number of methoxy groups -OCH3 is 2. The lowest BCUT2D eigenvalue weighted by Crippen LogP contribution is -2.20. The second kappa shape index (κ2) is 10.5. The molecule has 4 rings (SSSR count). The van der Waals surface area contributed by atoms with Crippen molar-refractivity contribution < 1.29 is 14.3 Å². The molecule has 7 heteroatoms. The molecule has 0 saturated heterocycles. The molecule has 0 bridgehead atoms. The van der Waals surface area contributed by atoms with Crippen LogP contribution in [0.5, 0.6) is 11.5 Å². The molecular formula is C28H32N4O3. The van der Waals surface area contributed by atoms with Gasteiger partial charge in [-0.25, -0.2) is 0 Å². The predicted octanol–water partition coefficient (Wildman–Crippen LogP) is 4.76. The summed E-state index contributed by atoms with van der Waals surface area (Å²) in [6.07, 6.45) is 0.914. The SMILES string of the molecule is COc1ccc(CCN(C)Cc2ccc(N/C(C)=C3\C(=O)Nc4ccc(N)cc43)cc2)cc1OC. The van der Waals surface area contributed by atoms with E-state index in [-0.39, 0.29) is 5.91 Å². The second-order valence-electron chi connectivity index (χ2n) is 8.76. The van der Waals surface area contributed by atoms with E-state index in [0.29, 0.717) is 11.3 Å². The monoisotopic (exact) mass is 472 g/mol. The molecule has 0 aromatic heterocycles. The molecule has 1 heterocycles. The molecule has 7 nitrogen and oxygen atoms in total. The van der Waals surface area contributed by atoms with E-state index in [1.54, 1.807) is 20.3 Å². The molecule has 0 unspecified atom stereocenters.